The third-order valence-corrected chi connectivity index (χ3v) is 3.07. The Bertz CT molecular complexity index is 717. The molecule has 0 aromatic carbocycles. The molecule has 2 rings (SSSR count). The second-order valence-corrected chi connectivity index (χ2v) is 5.11. The molecule has 0 saturated carbocycles. The Balaban J connectivity index is 2.69. The van der Waals surface area contributed by atoms with Gasteiger partial charge in [-0.15, -0.1) is 0 Å². The first kappa shape index (κ1) is 14.2. The Morgan fingerprint density at radius 1 is 1.40 bits per heavy atom. The highest BCUT2D eigenvalue weighted by molar-refractivity contribution is 5.96. The monoisotopic (exact) mass is 273 g/mol. The molecule has 0 atom stereocenters. The lowest BCUT2D eigenvalue weighted by Gasteiger charge is -2.12. The van der Waals surface area contributed by atoms with Crippen molar-refractivity contribution in [3.05, 3.63) is 39.8 Å². The van der Waals surface area contributed by atoms with Gasteiger partial charge in [0.15, 0.2) is 0 Å². The van der Waals surface area contributed by atoms with Gasteiger partial charge in [0.25, 0.3) is 5.91 Å². The van der Waals surface area contributed by atoms with Crippen molar-refractivity contribution in [3.63, 3.8) is 0 Å². The molecule has 0 aliphatic carbocycles. The van der Waals surface area contributed by atoms with Gasteiger partial charge in [-0.2, -0.15) is 0 Å². The van der Waals surface area contributed by atoms with Gasteiger partial charge in [0.1, 0.15) is 11.2 Å². The van der Waals surface area contributed by atoms with Crippen LogP contribution in [0.1, 0.15) is 36.8 Å². The van der Waals surface area contributed by atoms with Crippen LogP contribution in [-0.4, -0.2) is 21.5 Å². The normalized spacial score (nSPS) is 11.1. The summed E-state index contributed by atoms with van der Waals surface area (Å²) >= 11 is 0. The van der Waals surface area contributed by atoms with Crippen LogP contribution in [0.2, 0.25) is 0 Å². The number of hydrogen-bond donors (Lipinski definition) is 1. The highest BCUT2D eigenvalue weighted by Crippen LogP contribution is 2.11. The topological polar surface area (TPSA) is 64.0 Å². The summed E-state index contributed by atoms with van der Waals surface area (Å²) < 4.78 is 1.83. The average molecular weight is 273 g/mol. The van der Waals surface area contributed by atoms with Crippen molar-refractivity contribution in [2.45, 2.75) is 40.3 Å². The zero-order chi connectivity index (χ0) is 14.9. The number of rotatable bonds is 3. The lowest BCUT2D eigenvalue weighted by Crippen LogP contribution is -2.34. The Labute approximate surface area is 117 Å². The first-order chi connectivity index (χ1) is 9.43. The Morgan fingerprint density at radius 3 is 2.70 bits per heavy atom. The van der Waals surface area contributed by atoms with E-state index in [0.29, 0.717) is 17.6 Å². The molecule has 0 saturated heterocycles. The molecular formula is C15H19N3O2. The summed E-state index contributed by atoms with van der Waals surface area (Å²) in [4.78, 5) is 28.9. The van der Waals surface area contributed by atoms with Gasteiger partial charge in [0, 0.05) is 24.5 Å². The minimum atomic E-state index is -0.338. The quantitative estimate of drug-likeness (QED) is 0.928. The first-order valence-corrected chi connectivity index (χ1v) is 6.75. The molecule has 2 aromatic heterocycles. The molecule has 1 N–H and O–H groups in total. The van der Waals surface area contributed by atoms with E-state index in [0.717, 1.165) is 5.69 Å². The van der Waals surface area contributed by atoms with Gasteiger partial charge in [-0.05, 0) is 39.8 Å². The number of carbonyl (C=O) groups excluding carboxylic acids is 1. The van der Waals surface area contributed by atoms with E-state index in [1.807, 2.05) is 32.3 Å². The summed E-state index contributed by atoms with van der Waals surface area (Å²) in [6.07, 6.45) is 1.59. The van der Waals surface area contributed by atoms with Crippen LogP contribution >= 0.6 is 0 Å². The fourth-order valence-corrected chi connectivity index (χ4v) is 2.10. The fraction of sp³-hybridized carbons (Fsp3) is 0.400. The van der Waals surface area contributed by atoms with Crippen molar-refractivity contribution < 1.29 is 4.79 Å². The smallest absolute Gasteiger partial charge is 0.256 e. The van der Waals surface area contributed by atoms with E-state index in [9.17, 15) is 9.59 Å². The number of hydrogen-bond acceptors (Lipinski definition) is 3. The number of nitrogens with one attached hydrogen (secondary N) is 1. The lowest BCUT2D eigenvalue weighted by molar-refractivity contribution is 0.0941. The summed E-state index contributed by atoms with van der Waals surface area (Å²) in [5.74, 6) is -0.338. The number of aromatic nitrogens is 2. The molecule has 2 heterocycles. The Kier molecular flexibility index (Phi) is 3.88. The molecule has 106 valence electrons. The first-order valence-electron chi connectivity index (χ1n) is 6.75. The number of carbonyl (C=O) groups is 1. The van der Waals surface area contributed by atoms with Gasteiger partial charge in [0.2, 0.25) is 5.43 Å². The maximum absolute atomic E-state index is 12.4. The van der Waals surface area contributed by atoms with E-state index in [-0.39, 0.29) is 22.9 Å². The SMILES string of the molecule is CCn1cc(C(=O)NC(C)C)c(=O)c2ccc(C)nc21. The van der Waals surface area contributed by atoms with Crippen LogP contribution in [0.15, 0.2) is 23.1 Å². The molecule has 5 heteroatoms. The van der Waals surface area contributed by atoms with E-state index >= 15 is 0 Å². The van der Waals surface area contributed by atoms with Gasteiger partial charge >= 0.3 is 0 Å². The molecule has 0 radical (unpaired) electrons. The maximum atomic E-state index is 12.4. The van der Waals surface area contributed by atoms with Gasteiger partial charge in [-0.1, -0.05) is 0 Å². The Morgan fingerprint density at radius 2 is 2.10 bits per heavy atom. The summed E-state index contributed by atoms with van der Waals surface area (Å²) in [5, 5.41) is 3.24. The molecule has 5 nitrogen and oxygen atoms in total. The van der Waals surface area contributed by atoms with Gasteiger partial charge in [-0.25, -0.2) is 4.98 Å². The molecule has 0 aliphatic heterocycles. The van der Waals surface area contributed by atoms with Crippen molar-refractivity contribution in [2.75, 3.05) is 0 Å². The lowest BCUT2D eigenvalue weighted by atomic mass is 10.1. The zero-order valence-electron chi connectivity index (χ0n) is 12.2. The maximum Gasteiger partial charge on any atom is 0.256 e. The van der Waals surface area contributed by atoms with Gasteiger partial charge in [-0.3, -0.25) is 9.59 Å². The second-order valence-electron chi connectivity index (χ2n) is 5.11. The van der Waals surface area contributed by atoms with Crippen LogP contribution < -0.4 is 10.7 Å². The molecule has 20 heavy (non-hydrogen) atoms. The van der Waals surface area contributed by atoms with Crippen LogP contribution in [0.3, 0.4) is 0 Å². The van der Waals surface area contributed by atoms with Crippen LogP contribution in [0, 0.1) is 6.92 Å². The van der Waals surface area contributed by atoms with Crippen LogP contribution in [0.5, 0.6) is 0 Å². The van der Waals surface area contributed by atoms with E-state index < -0.39 is 0 Å². The zero-order valence-corrected chi connectivity index (χ0v) is 12.2. The number of amides is 1. The summed E-state index contributed by atoms with van der Waals surface area (Å²) in [6.45, 7) is 8.21. The van der Waals surface area contributed by atoms with Crippen molar-refractivity contribution in [2.24, 2.45) is 0 Å². The standard InChI is InChI=1S/C15H19N3O2/c1-5-18-8-12(15(20)16-9(2)3)13(19)11-7-6-10(4)17-14(11)18/h6-9H,5H2,1-4H3,(H,16,20). The fourth-order valence-electron chi connectivity index (χ4n) is 2.10. The minimum absolute atomic E-state index is 0.0104. The summed E-state index contributed by atoms with van der Waals surface area (Å²) in [6, 6.07) is 3.51. The highest BCUT2D eigenvalue weighted by Gasteiger charge is 2.16. The van der Waals surface area contributed by atoms with E-state index in [4.69, 9.17) is 0 Å². The van der Waals surface area contributed by atoms with E-state index in [1.54, 1.807) is 18.3 Å². The van der Waals surface area contributed by atoms with Gasteiger partial charge < -0.3 is 9.88 Å². The highest BCUT2D eigenvalue weighted by atomic mass is 16.2. The van der Waals surface area contributed by atoms with Crippen molar-refractivity contribution in [3.8, 4) is 0 Å². The predicted octanol–water partition coefficient (Wildman–Crippen LogP) is 1.86. The Hall–Kier alpha value is -2.17. The number of fused-ring (bicyclic) bond motifs is 1. The second kappa shape index (κ2) is 5.45. The molecule has 2 aromatic rings. The van der Waals surface area contributed by atoms with Crippen molar-refractivity contribution in [1.29, 1.82) is 0 Å². The molecule has 0 aliphatic rings. The third-order valence-electron chi connectivity index (χ3n) is 3.07. The van der Waals surface area contributed by atoms with Gasteiger partial charge in [0.05, 0.1) is 5.39 Å². The largest absolute Gasteiger partial charge is 0.350 e. The molecule has 0 bridgehead atoms. The number of pyridine rings is 2. The van der Waals surface area contributed by atoms with Crippen molar-refractivity contribution >= 4 is 16.9 Å². The molecule has 0 unspecified atom stereocenters. The minimum Gasteiger partial charge on any atom is -0.350 e. The van der Waals surface area contributed by atoms with E-state index in [1.165, 1.54) is 0 Å². The summed E-state index contributed by atoms with van der Waals surface area (Å²) in [7, 11) is 0. The third kappa shape index (κ3) is 2.57. The predicted molar refractivity (Wildman–Crippen MR) is 79.0 cm³/mol. The molecule has 0 fully saturated rings. The summed E-state index contributed by atoms with van der Waals surface area (Å²) in [5.41, 5.74) is 1.37. The van der Waals surface area contributed by atoms with Crippen LogP contribution in [0.4, 0.5) is 0 Å². The molecule has 0 spiro atoms. The van der Waals surface area contributed by atoms with Crippen molar-refractivity contribution in [1.82, 2.24) is 14.9 Å². The average Bonchev–Trinajstić information content (AvgIpc) is 2.38. The number of aryl methyl sites for hydroxylation is 2. The van der Waals surface area contributed by atoms with Crippen LogP contribution in [0.25, 0.3) is 11.0 Å². The van der Waals surface area contributed by atoms with Crippen LogP contribution in [-0.2, 0) is 6.54 Å². The number of nitrogens with zero attached hydrogens (tertiary/aromatic N) is 2. The molecule has 1 amide bonds. The molecular weight excluding hydrogens is 254 g/mol. The van der Waals surface area contributed by atoms with E-state index in [2.05, 4.69) is 10.3 Å².